The van der Waals surface area contributed by atoms with Gasteiger partial charge in [0.15, 0.2) is 0 Å². The number of carbonyl (C=O) groups is 1. The van der Waals surface area contributed by atoms with Crippen molar-refractivity contribution >= 4 is 16.1 Å². The second kappa shape index (κ2) is 6.79. The molecule has 0 saturated heterocycles. The predicted octanol–water partition coefficient (Wildman–Crippen LogP) is -0.667. The molecule has 0 heterocycles. The first-order chi connectivity index (χ1) is 7.23. The molecule has 8 heteroatoms. The van der Waals surface area contributed by atoms with Crippen LogP contribution in [0, 0.1) is 0 Å². The zero-order chi connectivity index (χ0) is 12.8. The van der Waals surface area contributed by atoms with E-state index in [1.54, 1.807) is 0 Å². The van der Waals surface area contributed by atoms with Crippen molar-refractivity contribution in [2.24, 2.45) is 0 Å². The maximum atomic E-state index is 11.1. The molecule has 0 saturated carbocycles. The van der Waals surface area contributed by atoms with Gasteiger partial charge in [-0.1, -0.05) is 4.33 Å². The lowest BCUT2D eigenvalue weighted by atomic mass is 10.1. The Kier molecular flexibility index (Phi) is 6.49. The summed E-state index contributed by atoms with van der Waals surface area (Å²) in [5.41, 5.74) is 0. The minimum atomic E-state index is -4.10. The molecule has 0 aliphatic carbocycles. The molecule has 96 valence electrons. The first-order valence-corrected chi connectivity index (χ1v) is 6.26. The van der Waals surface area contributed by atoms with E-state index in [-0.39, 0.29) is 12.8 Å². The molecule has 0 aliphatic heterocycles. The van der Waals surface area contributed by atoms with Crippen molar-refractivity contribution in [1.82, 2.24) is 0 Å². The lowest BCUT2D eigenvalue weighted by molar-refractivity contribution is -0.208. The fourth-order valence-corrected chi connectivity index (χ4v) is 1.77. The molecule has 0 rings (SSSR count). The van der Waals surface area contributed by atoms with Crippen LogP contribution in [0.1, 0.15) is 26.7 Å². The molecule has 7 nitrogen and oxygen atoms in total. The summed E-state index contributed by atoms with van der Waals surface area (Å²) in [6.07, 6.45) is -1.41. The Balaban J connectivity index is 4.00. The highest BCUT2D eigenvalue weighted by molar-refractivity contribution is 7.86. The summed E-state index contributed by atoms with van der Waals surface area (Å²) in [6, 6.07) is 0. The molecule has 0 bridgehead atoms. The number of carbonyl (C=O) groups excluding carboxylic acids is 1. The molecule has 2 atom stereocenters. The minimum Gasteiger partial charge on any atom is -0.393 e. The van der Waals surface area contributed by atoms with Crippen LogP contribution < -0.4 is 0 Å². The van der Waals surface area contributed by atoms with Crippen molar-refractivity contribution in [3.05, 3.63) is 0 Å². The lowest BCUT2D eigenvalue weighted by Gasteiger charge is -2.10. The van der Waals surface area contributed by atoms with E-state index < -0.39 is 34.0 Å². The van der Waals surface area contributed by atoms with E-state index in [0.29, 0.717) is 0 Å². The van der Waals surface area contributed by atoms with E-state index in [4.69, 9.17) is 5.11 Å². The average molecular weight is 256 g/mol. The van der Waals surface area contributed by atoms with Crippen molar-refractivity contribution < 1.29 is 32.6 Å². The number of aliphatic hydroxyl groups is 2. The number of hydrogen-bond acceptors (Lipinski definition) is 7. The standard InChI is InChI=1S/C8H16O7S/c1-6(9)3-4-8(11)5-16(12,13)15-14-7(2)10/h6,8-9,11H,3-5H2,1-2H3. The van der Waals surface area contributed by atoms with Crippen molar-refractivity contribution in [1.29, 1.82) is 0 Å². The maximum absolute atomic E-state index is 11.1. The van der Waals surface area contributed by atoms with Crippen LogP contribution in [0.25, 0.3) is 0 Å². The summed E-state index contributed by atoms with van der Waals surface area (Å²) in [5, 5.41) is 18.2. The Labute approximate surface area is 94.0 Å². The summed E-state index contributed by atoms with van der Waals surface area (Å²) in [6.45, 7) is 2.51. The SMILES string of the molecule is CC(=O)OOS(=O)(=O)CC(O)CCC(C)O. The van der Waals surface area contributed by atoms with Gasteiger partial charge in [-0.15, -0.1) is 0 Å². The van der Waals surface area contributed by atoms with Gasteiger partial charge in [-0.3, -0.25) is 4.89 Å². The van der Waals surface area contributed by atoms with Crippen LogP contribution in [0.2, 0.25) is 0 Å². The Morgan fingerprint density at radius 1 is 1.31 bits per heavy atom. The van der Waals surface area contributed by atoms with Gasteiger partial charge in [-0.2, -0.15) is 8.42 Å². The molecule has 0 fully saturated rings. The molecular formula is C8H16O7S. The Morgan fingerprint density at radius 3 is 2.31 bits per heavy atom. The third-order valence-corrected chi connectivity index (χ3v) is 2.64. The summed E-state index contributed by atoms with van der Waals surface area (Å²) in [7, 11) is -4.10. The van der Waals surface area contributed by atoms with Crippen molar-refractivity contribution in [2.75, 3.05) is 5.75 Å². The minimum absolute atomic E-state index is 0.111. The van der Waals surface area contributed by atoms with Crippen LogP contribution in [0.5, 0.6) is 0 Å². The second-order valence-corrected chi connectivity index (χ2v) is 5.03. The third kappa shape index (κ3) is 8.60. The van der Waals surface area contributed by atoms with E-state index in [1.165, 1.54) is 6.92 Å². The van der Waals surface area contributed by atoms with Gasteiger partial charge in [0, 0.05) is 6.92 Å². The van der Waals surface area contributed by atoms with Gasteiger partial charge >= 0.3 is 16.1 Å². The van der Waals surface area contributed by atoms with Crippen molar-refractivity contribution in [3.63, 3.8) is 0 Å². The van der Waals surface area contributed by atoms with Gasteiger partial charge in [0.1, 0.15) is 5.75 Å². The average Bonchev–Trinajstić information content (AvgIpc) is 2.11. The van der Waals surface area contributed by atoms with Crippen LogP contribution in [0.15, 0.2) is 0 Å². The van der Waals surface area contributed by atoms with Gasteiger partial charge in [0.2, 0.25) is 0 Å². The highest BCUT2D eigenvalue weighted by atomic mass is 32.2. The van der Waals surface area contributed by atoms with E-state index >= 15 is 0 Å². The highest BCUT2D eigenvalue weighted by Gasteiger charge is 2.20. The molecule has 0 aromatic heterocycles. The first-order valence-electron chi connectivity index (χ1n) is 4.68. The summed E-state index contributed by atoms with van der Waals surface area (Å²) in [5.74, 6) is -1.59. The van der Waals surface area contributed by atoms with Crippen LogP contribution >= 0.6 is 0 Å². The van der Waals surface area contributed by atoms with Crippen LogP contribution in [-0.2, 0) is 24.1 Å². The van der Waals surface area contributed by atoms with E-state index in [0.717, 1.165) is 6.92 Å². The Bertz CT molecular complexity index is 308. The molecule has 2 N–H and O–H groups in total. The molecule has 0 aromatic rings. The van der Waals surface area contributed by atoms with Gasteiger partial charge in [-0.25, -0.2) is 4.79 Å². The lowest BCUT2D eigenvalue weighted by Crippen LogP contribution is -2.24. The summed E-state index contributed by atoms with van der Waals surface area (Å²) < 4.78 is 26.0. The van der Waals surface area contributed by atoms with Gasteiger partial charge < -0.3 is 10.2 Å². The number of hydrogen-bond donors (Lipinski definition) is 2. The van der Waals surface area contributed by atoms with Gasteiger partial charge in [0.05, 0.1) is 12.2 Å². The molecular weight excluding hydrogens is 240 g/mol. The van der Waals surface area contributed by atoms with E-state index in [9.17, 15) is 18.3 Å². The molecule has 0 radical (unpaired) electrons. The normalized spacial score (nSPS) is 15.5. The summed E-state index contributed by atoms with van der Waals surface area (Å²) >= 11 is 0. The zero-order valence-corrected chi connectivity index (χ0v) is 9.94. The highest BCUT2D eigenvalue weighted by Crippen LogP contribution is 2.06. The van der Waals surface area contributed by atoms with Gasteiger partial charge in [0.25, 0.3) is 0 Å². The molecule has 0 amide bonds. The predicted molar refractivity (Wildman–Crippen MR) is 53.6 cm³/mol. The third-order valence-electron chi connectivity index (χ3n) is 1.57. The van der Waals surface area contributed by atoms with E-state index in [2.05, 4.69) is 9.22 Å². The largest absolute Gasteiger partial charge is 0.393 e. The van der Waals surface area contributed by atoms with E-state index in [1.807, 2.05) is 0 Å². The van der Waals surface area contributed by atoms with Crippen LogP contribution in [0.4, 0.5) is 0 Å². The Hall–Kier alpha value is -0.700. The fraction of sp³-hybridized carbons (Fsp3) is 0.875. The molecule has 0 aromatic carbocycles. The number of rotatable bonds is 7. The molecule has 0 aliphatic rings. The summed E-state index contributed by atoms with van der Waals surface area (Å²) in [4.78, 5) is 14.1. The molecule has 2 unspecified atom stereocenters. The Morgan fingerprint density at radius 2 is 1.88 bits per heavy atom. The molecule has 0 spiro atoms. The zero-order valence-electron chi connectivity index (χ0n) is 9.12. The van der Waals surface area contributed by atoms with Crippen molar-refractivity contribution in [3.8, 4) is 0 Å². The smallest absolute Gasteiger partial charge is 0.340 e. The van der Waals surface area contributed by atoms with Gasteiger partial charge in [-0.05, 0) is 19.8 Å². The quantitative estimate of drug-likeness (QED) is 0.459. The number of aliphatic hydroxyl groups excluding tert-OH is 2. The maximum Gasteiger partial charge on any atom is 0.340 e. The fourth-order valence-electron chi connectivity index (χ4n) is 0.880. The topological polar surface area (TPSA) is 110 Å². The van der Waals surface area contributed by atoms with Crippen molar-refractivity contribution in [2.45, 2.75) is 38.9 Å². The first kappa shape index (κ1) is 15.3. The monoisotopic (exact) mass is 256 g/mol. The molecule has 16 heavy (non-hydrogen) atoms. The van der Waals surface area contributed by atoms with Crippen LogP contribution in [-0.4, -0.2) is 42.6 Å². The second-order valence-electron chi connectivity index (χ2n) is 3.45. The van der Waals surface area contributed by atoms with Crippen LogP contribution in [0.3, 0.4) is 0 Å².